The van der Waals surface area contributed by atoms with Crippen LogP contribution in [-0.4, -0.2) is 32.8 Å². The molecule has 2 aromatic carbocycles. The van der Waals surface area contributed by atoms with Crippen molar-refractivity contribution in [2.24, 2.45) is 0 Å². The van der Waals surface area contributed by atoms with Gasteiger partial charge in [0.25, 0.3) is 17.3 Å². The minimum atomic E-state index is -5.25. The fourth-order valence-electron chi connectivity index (χ4n) is 2.62. The number of hydrogen-bond donors (Lipinski definition) is 2. The van der Waals surface area contributed by atoms with Crippen LogP contribution in [0.5, 0.6) is 0 Å². The van der Waals surface area contributed by atoms with E-state index in [1.54, 1.807) is 18.2 Å². The number of para-hydroxylation sites is 1. The van der Waals surface area contributed by atoms with Crippen molar-refractivity contribution >= 4 is 17.3 Å². The summed E-state index contributed by atoms with van der Waals surface area (Å²) in [7, 11) is 0. The highest BCUT2D eigenvalue weighted by molar-refractivity contribution is 5.99. The smallest absolute Gasteiger partial charge is 0.359 e. The average molecular weight is 379 g/mol. The lowest BCUT2D eigenvalue weighted by atomic mass is 10.1. The molecule has 140 valence electrons. The normalized spacial score (nSPS) is 19.4. The van der Waals surface area contributed by atoms with Crippen LogP contribution in [0.25, 0.3) is 5.70 Å². The second-order valence-corrected chi connectivity index (χ2v) is 5.67. The van der Waals surface area contributed by atoms with Crippen molar-refractivity contribution in [3.05, 3.63) is 81.9 Å². The first-order valence-electron chi connectivity index (χ1n) is 7.57. The number of hydrogen-bond acceptors (Lipinski definition) is 5. The molecule has 1 amide bonds. The van der Waals surface area contributed by atoms with Crippen molar-refractivity contribution in [1.29, 1.82) is 0 Å². The van der Waals surface area contributed by atoms with E-state index in [0.717, 1.165) is 12.1 Å². The van der Waals surface area contributed by atoms with E-state index in [1.165, 1.54) is 24.3 Å². The van der Waals surface area contributed by atoms with Gasteiger partial charge in [0.1, 0.15) is 5.56 Å². The Bertz CT molecular complexity index is 931. The van der Waals surface area contributed by atoms with Gasteiger partial charge in [-0.15, -0.1) is 0 Å². The van der Waals surface area contributed by atoms with Gasteiger partial charge in [0.15, 0.2) is 0 Å². The number of nitrogens with one attached hydrogen (secondary N) is 1. The number of amides is 1. The highest BCUT2D eigenvalue weighted by atomic mass is 19.4. The quantitative estimate of drug-likeness (QED) is 0.632. The Hall–Kier alpha value is -3.40. The molecule has 0 radical (unpaired) electrons. The summed E-state index contributed by atoms with van der Waals surface area (Å²) in [4.78, 5) is 22.9. The molecule has 1 heterocycles. The van der Waals surface area contributed by atoms with E-state index in [9.17, 15) is 33.2 Å². The minimum absolute atomic E-state index is 0.0579. The predicted octanol–water partition coefficient (Wildman–Crippen LogP) is 2.85. The molecule has 0 unspecified atom stereocenters. The summed E-state index contributed by atoms with van der Waals surface area (Å²) in [6, 6.07) is 12.3. The Labute approximate surface area is 150 Å². The largest absolute Gasteiger partial charge is 0.442 e. The molecule has 10 heteroatoms. The molecular weight excluding hydrogens is 367 g/mol. The van der Waals surface area contributed by atoms with E-state index in [-0.39, 0.29) is 16.3 Å². The van der Waals surface area contributed by atoms with E-state index >= 15 is 0 Å². The van der Waals surface area contributed by atoms with Crippen LogP contribution in [0.1, 0.15) is 15.9 Å². The molecule has 2 N–H and O–H groups in total. The number of benzene rings is 2. The SMILES string of the molecule is O=C(c1ccccc1[N+](=O)[O-])N1NC(c2ccccc2)=C[C@@]1(O)C(F)(F)F. The molecule has 0 bridgehead atoms. The zero-order chi connectivity index (χ0) is 19.8. The van der Waals surface area contributed by atoms with E-state index in [2.05, 4.69) is 5.43 Å². The number of alkyl halides is 3. The van der Waals surface area contributed by atoms with Crippen LogP contribution >= 0.6 is 0 Å². The molecule has 0 saturated heterocycles. The monoisotopic (exact) mass is 379 g/mol. The molecule has 1 aliphatic heterocycles. The molecule has 0 saturated carbocycles. The van der Waals surface area contributed by atoms with Crippen LogP contribution in [0.3, 0.4) is 0 Å². The molecule has 7 nitrogen and oxygen atoms in total. The van der Waals surface area contributed by atoms with E-state index in [4.69, 9.17) is 0 Å². The van der Waals surface area contributed by atoms with Gasteiger partial charge in [-0.1, -0.05) is 42.5 Å². The van der Waals surface area contributed by atoms with Gasteiger partial charge in [-0.3, -0.25) is 20.3 Å². The second kappa shape index (κ2) is 6.40. The summed E-state index contributed by atoms with van der Waals surface area (Å²) < 4.78 is 40.7. The van der Waals surface area contributed by atoms with Gasteiger partial charge in [-0.2, -0.15) is 13.2 Å². The molecule has 1 atom stereocenters. The third kappa shape index (κ3) is 3.10. The minimum Gasteiger partial charge on any atom is -0.359 e. The number of rotatable bonds is 3. The molecule has 0 aromatic heterocycles. The van der Waals surface area contributed by atoms with Crippen LogP contribution in [-0.2, 0) is 0 Å². The van der Waals surface area contributed by atoms with Gasteiger partial charge in [-0.05, 0) is 11.6 Å². The van der Waals surface area contributed by atoms with Crippen molar-refractivity contribution in [2.75, 3.05) is 0 Å². The summed E-state index contributed by atoms with van der Waals surface area (Å²) in [5.41, 5.74) is -2.61. The molecule has 27 heavy (non-hydrogen) atoms. The zero-order valence-corrected chi connectivity index (χ0v) is 13.5. The number of nitro benzene ring substituents is 1. The highest BCUT2D eigenvalue weighted by Gasteiger charge is 2.62. The Balaban J connectivity index is 2.07. The number of carbonyl (C=O) groups is 1. The maximum absolute atomic E-state index is 13.6. The van der Waals surface area contributed by atoms with Crippen molar-refractivity contribution in [2.45, 2.75) is 11.9 Å². The maximum Gasteiger partial charge on any atom is 0.442 e. The first-order valence-corrected chi connectivity index (χ1v) is 7.57. The van der Waals surface area contributed by atoms with Crippen molar-refractivity contribution < 1.29 is 28.0 Å². The second-order valence-electron chi connectivity index (χ2n) is 5.67. The number of aliphatic hydroxyl groups is 1. The van der Waals surface area contributed by atoms with Gasteiger partial charge in [-0.25, -0.2) is 5.01 Å². The van der Waals surface area contributed by atoms with Gasteiger partial charge < -0.3 is 5.11 Å². The van der Waals surface area contributed by atoms with E-state index < -0.39 is 34.0 Å². The van der Waals surface area contributed by atoms with Crippen molar-refractivity contribution in [3.63, 3.8) is 0 Å². The summed E-state index contributed by atoms with van der Waals surface area (Å²) in [6.07, 6.45) is -4.80. The first kappa shape index (κ1) is 18.4. The fraction of sp³-hybridized carbons (Fsp3) is 0.118. The average Bonchev–Trinajstić information content (AvgIpc) is 3.01. The topological polar surface area (TPSA) is 95.7 Å². The zero-order valence-electron chi connectivity index (χ0n) is 13.5. The molecule has 1 aliphatic rings. The van der Waals surface area contributed by atoms with Crippen molar-refractivity contribution in [1.82, 2.24) is 10.4 Å². The Morgan fingerprint density at radius 3 is 2.30 bits per heavy atom. The maximum atomic E-state index is 13.6. The number of carbonyl (C=O) groups excluding carboxylic acids is 1. The van der Waals surface area contributed by atoms with Gasteiger partial charge in [0, 0.05) is 12.1 Å². The molecule has 2 aromatic rings. The molecule has 0 aliphatic carbocycles. The number of halogens is 3. The number of hydrazine groups is 1. The lowest BCUT2D eigenvalue weighted by molar-refractivity contribution is -0.385. The van der Waals surface area contributed by atoms with Gasteiger partial charge in [0.05, 0.1) is 10.6 Å². The molecular formula is C17H12F3N3O4. The third-order valence-corrected chi connectivity index (χ3v) is 3.96. The number of nitrogens with zero attached hydrogens (tertiary/aromatic N) is 2. The molecule has 0 fully saturated rings. The predicted molar refractivity (Wildman–Crippen MR) is 87.8 cm³/mol. The fourth-order valence-corrected chi connectivity index (χ4v) is 2.62. The number of nitro groups is 1. The van der Waals surface area contributed by atoms with Crippen LogP contribution in [0, 0.1) is 10.1 Å². The Kier molecular flexibility index (Phi) is 4.36. The van der Waals surface area contributed by atoms with Crippen LogP contribution in [0.15, 0.2) is 60.7 Å². The summed E-state index contributed by atoms with van der Waals surface area (Å²) in [5, 5.41) is 21.3. The molecule has 0 spiro atoms. The summed E-state index contributed by atoms with van der Waals surface area (Å²) >= 11 is 0. The van der Waals surface area contributed by atoms with Gasteiger partial charge >= 0.3 is 6.18 Å². The van der Waals surface area contributed by atoms with Crippen LogP contribution in [0.2, 0.25) is 0 Å². The Morgan fingerprint density at radius 2 is 1.70 bits per heavy atom. The summed E-state index contributed by atoms with van der Waals surface area (Å²) in [6.45, 7) is 0. The van der Waals surface area contributed by atoms with E-state index in [1.807, 2.05) is 0 Å². The lowest BCUT2D eigenvalue weighted by Gasteiger charge is -2.33. The first-order chi connectivity index (χ1) is 12.6. The van der Waals surface area contributed by atoms with Crippen LogP contribution in [0.4, 0.5) is 18.9 Å². The standard InChI is InChI=1S/C17H12F3N3O4/c18-17(19,20)16(25)10-13(11-6-2-1-3-7-11)21-22(16)15(24)12-8-4-5-9-14(12)23(26)27/h1-10,21,25H/t16-/m1/s1. The summed E-state index contributed by atoms with van der Waals surface area (Å²) in [5.74, 6) is -1.40. The Morgan fingerprint density at radius 1 is 1.11 bits per heavy atom. The van der Waals surface area contributed by atoms with E-state index in [0.29, 0.717) is 6.08 Å². The lowest BCUT2D eigenvalue weighted by Crippen LogP contribution is -2.60. The van der Waals surface area contributed by atoms with Crippen molar-refractivity contribution in [3.8, 4) is 0 Å². The van der Waals surface area contributed by atoms with Gasteiger partial charge in [0.2, 0.25) is 0 Å². The van der Waals surface area contributed by atoms with Crippen LogP contribution < -0.4 is 5.43 Å². The highest BCUT2D eigenvalue weighted by Crippen LogP contribution is 2.40. The molecule has 3 rings (SSSR count). The third-order valence-electron chi connectivity index (χ3n) is 3.96.